The fourth-order valence-corrected chi connectivity index (χ4v) is 3.27. The molecule has 0 radical (unpaired) electrons. The van der Waals surface area contributed by atoms with Crippen molar-refractivity contribution in [1.82, 2.24) is 4.90 Å². The van der Waals surface area contributed by atoms with E-state index in [0.29, 0.717) is 11.8 Å². The summed E-state index contributed by atoms with van der Waals surface area (Å²) in [4.78, 5) is 14.3. The topological polar surface area (TPSA) is 46.3 Å². The van der Waals surface area contributed by atoms with Crippen LogP contribution in [0.5, 0.6) is 0 Å². The van der Waals surface area contributed by atoms with Gasteiger partial charge in [0.05, 0.1) is 0 Å². The summed E-state index contributed by atoms with van der Waals surface area (Å²) in [7, 11) is 0. The van der Waals surface area contributed by atoms with E-state index in [1.54, 1.807) is 0 Å². The second kappa shape index (κ2) is 6.05. The van der Waals surface area contributed by atoms with E-state index in [0.717, 1.165) is 38.9 Å². The molecule has 0 spiro atoms. The quantitative estimate of drug-likeness (QED) is 0.839. The van der Waals surface area contributed by atoms with Gasteiger partial charge in [-0.25, -0.2) is 0 Å². The molecular weight excluding hydrogens is 224 g/mol. The second-order valence-corrected chi connectivity index (χ2v) is 6.60. The third kappa shape index (κ3) is 3.47. The highest BCUT2D eigenvalue weighted by Gasteiger charge is 2.31. The molecule has 0 aromatic heterocycles. The van der Waals surface area contributed by atoms with Crippen molar-refractivity contribution in [2.75, 3.05) is 19.6 Å². The van der Waals surface area contributed by atoms with Crippen LogP contribution in [0.1, 0.15) is 58.3 Å². The number of carbonyl (C=O) groups excluding carboxylic acids is 1. The van der Waals surface area contributed by atoms with Crippen LogP contribution < -0.4 is 5.73 Å². The lowest BCUT2D eigenvalue weighted by Gasteiger charge is -2.39. The summed E-state index contributed by atoms with van der Waals surface area (Å²) in [5.74, 6) is 1.05. The first-order valence-electron chi connectivity index (χ1n) is 7.61. The Hall–Kier alpha value is -0.570. The van der Waals surface area contributed by atoms with Crippen molar-refractivity contribution in [2.45, 2.75) is 58.3 Å². The Morgan fingerprint density at radius 2 is 1.83 bits per heavy atom. The maximum atomic E-state index is 12.3. The number of piperidine rings is 1. The summed E-state index contributed by atoms with van der Waals surface area (Å²) in [6.45, 7) is 4.83. The minimum atomic E-state index is 0.265. The number of hydrogen-bond acceptors (Lipinski definition) is 2. The monoisotopic (exact) mass is 252 g/mol. The standard InChI is InChI=1S/C15H28N2O/c1-15(12-16)7-9-17(10-8-15)14(18)11-13-5-3-2-4-6-13/h13H,2-12,16H2,1H3. The van der Waals surface area contributed by atoms with Crippen LogP contribution in [0.3, 0.4) is 0 Å². The van der Waals surface area contributed by atoms with Gasteiger partial charge in [-0.2, -0.15) is 0 Å². The normalized spacial score (nSPS) is 25.1. The van der Waals surface area contributed by atoms with Crippen molar-refractivity contribution in [3.05, 3.63) is 0 Å². The molecule has 1 aliphatic heterocycles. The predicted octanol–water partition coefficient (Wildman–Crippen LogP) is 2.54. The van der Waals surface area contributed by atoms with Gasteiger partial charge >= 0.3 is 0 Å². The molecule has 3 nitrogen and oxygen atoms in total. The van der Waals surface area contributed by atoms with Crippen molar-refractivity contribution in [3.8, 4) is 0 Å². The lowest BCUT2D eigenvalue weighted by molar-refractivity contribution is -0.134. The van der Waals surface area contributed by atoms with E-state index in [4.69, 9.17) is 5.73 Å². The van der Waals surface area contributed by atoms with Crippen LogP contribution in [0.4, 0.5) is 0 Å². The zero-order valence-electron chi connectivity index (χ0n) is 11.8. The predicted molar refractivity (Wildman–Crippen MR) is 74.2 cm³/mol. The molecule has 2 aliphatic rings. The molecule has 3 heteroatoms. The first-order valence-corrected chi connectivity index (χ1v) is 7.61. The van der Waals surface area contributed by atoms with E-state index in [9.17, 15) is 4.79 Å². The molecule has 1 amide bonds. The highest BCUT2D eigenvalue weighted by Crippen LogP contribution is 2.31. The van der Waals surface area contributed by atoms with E-state index >= 15 is 0 Å². The first kappa shape index (κ1) is 13.9. The maximum absolute atomic E-state index is 12.3. The van der Waals surface area contributed by atoms with Crippen molar-refractivity contribution in [2.24, 2.45) is 17.1 Å². The first-order chi connectivity index (χ1) is 8.63. The van der Waals surface area contributed by atoms with Gasteiger partial charge in [0.25, 0.3) is 0 Å². The van der Waals surface area contributed by atoms with E-state index in [1.807, 2.05) is 0 Å². The molecule has 18 heavy (non-hydrogen) atoms. The van der Waals surface area contributed by atoms with Crippen LogP contribution in [-0.2, 0) is 4.79 Å². The molecule has 1 saturated heterocycles. The van der Waals surface area contributed by atoms with Gasteiger partial charge in [-0.3, -0.25) is 4.79 Å². The lowest BCUT2D eigenvalue weighted by atomic mass is 9.80. The van der Waals surface area contributed by atoms with Gasteiger partial charge in [0.1, 0.15) is 0 Å². The van der Waals surface area contributed by atoms with Crippen LogP contribution in [0.2, 0.25) is 0 Å². The fraction of sp³-hybridized carbons (Fsp3) is 0.933. The highest BCUT2D eigenvalue weighted by atomic mass is 16.2. The summed E-state index contributed by atoms with van der Waals surface area (Å²) in [5, 5.41) is 0. The molecule has 1 saturated carbocycles. The number of amides is 1. The van der Waals surface area contributed by atoms with Crippen molar-refractivity contribution >= 4 is 5.91 Å². The summed E-state index contributed by atoms with van der Waals surface area (Å²) >= 11 is 0. The van der Waals surface area contributed by atoms with E-state index in [1.165, 1.54) is 32.1 Å². The molecule has 2 N–H and O–H groups in total. The Bertz CT molecular complexity index is 276. The number of hydrogen-bond donors (Lipinski definition) is 1. The summed E-state index contributed by atoms with van der Waals surface area (Å²) < 4.78 is 0. The minimum absolute atomic E-state index is 0.265. The Morgan fingerprint density at radius 1 is 1.22 bits per heavy atom. The smallest absolute Gasteiger partial charge is 0.222 e. The van der Waals surface area contributed by atoms with Crippen LogP contribution in [-0.4, -0.2) is 30.4 Å². The average Bonchev–Trinajstić information content (AvgIpc) is 2.40. The molecule has 0 atom stereocenters. The minimum Gasteiger partial charge on any atom is -0.343 e. The number of rotatable bonds is 3. The number of nitrogens with two attached hydrogens (primary N) is 1. The van der Waals surface area contributed by atoms with Crippen molar-refractivity contribution in [1.29, 1.82) is 0 Å². The Kier molecular flexibility index (Phi) is 4.66. The van der Waals surface area contributed by atoms with E-state index in [-0.39, 0.29) is 5.41 Å². The van der Waals surface area contributed by atoms with E-state index in [2.05, 4.69) is 11.8 Å². The molecule has 0 unspecified atom stereocenters. The summed E-state index contributed by atoms with van der Waals surface area (Å²) in [6.07, 6.45) is 9.47. The van der Waals surface area contributed by atoms with Gasteiger partial charge in [0.15, 0.2) is 0 Å². The molecule has 104 valence electrons. The van der Waals surface area contributed by atoms with Crippen LogP contribution in [0, 0.1) is 11.3 Å². The van der Waals surface area contributed by atoms with Crippen molar-refractivity contribution < 1.29 is 4.79 Å². The number of likely N-dealkylation sites (tertiary alicyclic amines) is 1. The van der Waals surface area contributed by atoms with Crippen LogP contribution >= 0.6 is 0 Å². The Morgan fingerprint density at radius 3 is 2.39 bits per heavy atom. The van der Waals surface area contributed by atoms with Crippen molar-refractivity contribution in [3.63, 3.8) is 0 Å². The van der Waals surface area contributed by atoms with Gasteiger partial charge in [-0.05, 0) is 43.6 Å². The van der Waals surface area contributed by atoms with E-state index < -0.39 is 0 Å². The zero-order valence-corrected chi connectivity index (χ0v) is 11.8. The second-order valence-electron chi connectivity index (χ2n) is 6.60. The molecule has 1 aliphatic carbocycles. The lowest BCUT2D eigenvalue weighted by Crippen LogP contribution is -2.45. The Balaban J connectivity index is 1.76. The fourth-order valence-electron chi connectivity index (χ4n) is 3.27. The average molecular weight is 252 g/mol. The maximum Gasteiger partial charge on any atom is 0.222 e. The SMILES string of the molecule is CC1(CN)CCN(C(=O)CC2CCCCC2)CC1. The van der Waals surface area contributed by atoms with Gasteiger partial charge < -0.3 is 10.6 Å². The largest absolute Gasteiger partial charge is 0.343 e. The zero-order chi connectivity index (χ0) is 13.0. The Labute approximate surface area is 111 Å². The molecule has 0 aromatic carbocycles. The third-order valence-electron chi connectivity index (χ3n) is 5.00. The van der Waals surface area contributed by atoms with Gasteiger partial charge in [0, 0.05) is 19.5 Å². The van der Waals surface area contributed by atoms with Gasteiger partial charge in [0.2, 0.25) is 5.91 Å². The number of carbonyl (C=O) groups is 1. The highest BCUT2D eigenvalue weighted by molar-refractivity contribution is 5.76. The third-order valence-corrected chi connectivity index (χ3v) is 5.00. The van der Waals surface area contributed by atoms with Crippen LogP contribution in [0.15, 0.2) is 0 Å². The molecule has 2 fully saturated rings. The van der Waals surface area contributed by atoms with Gasteiger partial charge in [-0.1, -0.05) is 26.2 Å². The summed E-state index contributed by atoms with van der Waals surface area (Å²) in [5.41, 5.74) is 6.07. The van der Waals surface area contributed by atoms with Crippen LogP contribution in [0.25, 0.3) is 0 Å². The van der Waals surface area contributed by atoms with Gasteiger partial charge in [-0.15, -0.1) is 0 Å². The molecule has 0 aromatic rings. The molecule has 1 heterocycles. The summed E-state index contributed by atoms with van der Waals surface area (Å²) in [6, 6.07) is 0. The number of nitrogens with zero attached hydrogens (tertiary/aromatic N) is 1. The molecule has 0 bridgehead atoms. The molecule has 2 rings (SSSR count). The molecular formula is C15H28N2O.